The number of benzene rings is 2. The van der Waals surface area contributed by atoms with Crippen molar-refractivity contribution in [3.8, 4) is 5.75 Å². The number of carbonyl (C=O) groups is 2. The van der Waals surface area contributed by atoms with E-state index < -0.39 is 0 Å². The second-order valence-corrected chi connectivity index (χ2v) is 6.24. The number of nitrogens with one attached hydrogen (secondary N) is 1. The molecule has 1 unspecified atom stereocenters. The molecule has 1 N–H and O–H groups in total. The molecule has 1 saturated heterocycles. The summed E-state index contributed by atoms with van der Waals surface area (Å²) >= 11 is 0. The predicted molar refractivity (Wildman–Crippen MR) is 96.6 cm³/mol. The zero-order chi connectivity index (χ0) is 17.6. The van der Waals surface area contributed by atoms with E-state index in [-0.39, 0.29) is 17.7 Å². The third-order valence-corrected chi connectivity index (χ3v) is 4.36. The van der Waals surface area contributed by atoms with Crippen molar-refractivity contribution >= 4 is 17.5 Å². The molecular weight excluding hydrogens is 316 g/mol. The Hall–Kier alpha value is -2.82. The van der Waals surface area contributed by atoms with Crippen molar-refractivity contribution in [1.29, 1.82) is 0 Å². The van der Waals surface area contributed by atoms with Crippen LogP contribution in [-0.4, -0.2) is 32.0 Å². The molecule has 2 amide bonds. The molecule has 0 saturated carbocycles. The first-order valence-electron chi connectivity index (χ1n) is 8.41. The van der Waals surface area contributed by atoms with E-state index in [0.717, 1.165) is 17.0 Å². The maximum absolute atomic E-state index is 12.2. The fourth-order valence-corrected chi connectivity index (χ4v) is 3.06. The number of nitrogens with zero attached hydrogens (tertiary/aromatic N) is 1. The monoisotopic (exact) mass is 338 g/mol. The van der Waals surface area contributed by atoms with Gasteiger partial charge in [-0.1, -0.05) is 30.3 Å². The van der Waals surface area contributed by atoms with Gasteiger partial charge in [0.05, 0.1) is 13.5 Å². The first-order chi connectivity index (χ1) is 12.2. The van der Waals surface area contributed by atoms with Crippen molar-refractivity contribution in [3.05, 3.63) is 60.2 Å². The molecule has 0 aromatic heterocycles. The number of ether oxygens (including phenoxy) is 1. The van der Waals surface area contributed by atoms with Crippen LogP contribution < -0.4 is 15.0 Å². The molecular formula is C20H22N2O3. The van der Waals surface area contributed by atoms with Crippen LogP contribution in [0.5, 0.6) is 5.75 Å². The Morgan fingerprint density at radius 2 is 2.00 bits per heavy atom. The van der Waals surface area contributed by atoms with Gasteiger partial charge in [-0.3, -0.25) is 9.59 Å². The summed E-state index contributed by atoms with van der Waals surface area (Å²) in [6.07, 6.45) is 0.772. The Labute approximate surface area is 147 Å². The van der Waals surface area contributed by atoms with E-state index in [0.29, 0.717) is 25.9 Å². The summed E-state index contributed by atoms with van der Waals surface area (Å²) in [6.45, 7) is 1.15. The van der Waals surface area contributed by atoms with E-state index in [1.54, 1.807) is 12.0 Å². The van der Waals surface area contributed by atoms with Crippen molar-refractivity contribution in [2.45, 2.75) is 12.8 Å². The quantitative estimate of drug-likeness (QED) is 0.880. The van der Waals surface area contributed by atoms with Crippen LogP contribution in [0.2, 0.25) is 0 Å². The van der Waals surface area contributed by atoms with Gasteiger partial charge >= 0.3 is 0 Å². The summed E-state index contributed by atoms with van der Waals surface area (Å²) in [7, 11) is 1.61. The summed E-state index contributed by atoms with van der Waals surface area (Å²) in [4.78, 5) is 26.1. The van der Waals surface area contributed by atoms with Gasteiger partial charge in [0.25, 0.3) is 0 Å². The molecule has 0 spiro atoms. The Bertz CT molecular complexity index is 746. The second-order valence-electron chi connectivity index (χ2n) is 6.24. The highest BCUT2D eigenvalue weighted by Gasteiger charge is 2.30. The van der Waals surface area contributed by atoms with Crippen LogP contribution in [0.4, 0.5) is 5.69 Å². The molecule has 130 valence electrons. The summed E-state index contributed by atoms with van der Waals surface area (Å²) in [5, 5.41) is 2.94. The third kappa shape index (κ3) is 4.38. The standard InChI is InChI=1S/C20H22N2O3/c1-25-18-9-5-6-15(10-18)11-19(23)21-13-16-12-20(24)22(14-16)17-7-3-2-4-8-17/h2-10,16H,11-14H2,1H3,(H,21,23). The topological polar surface area (TPSA) is 58.6 Å². The van der Waals surface area contributed by atoms with E-state index in [9.17, 15) is 9.59 Å². The van der Waals surface area contributed by atoms with E-state index >= 15 is 0 Å². The van der Waals surface area contributed by atoms with Gasteiger partial charge in [0.15, 0.2) is 0 Å². The highest BCUT2D eigenvalue weighted by molar-refractivity contribution is 5.95. The summed E-state index contributed by atoms with van der Waals surface area (Å²) < 4.78 is 5.17. The van der Waals surface area contributed by atoms with Crippen molar-refractivity contribution < 1.29 is 14.3 Å². The SMILES string of the molecule is COc1cccc(CC(=O)NCC2CC(=O)N(c3ccccc3)C2)c1. The van der Waals surface area contributed by atoms with Gasteiger partial charge in [0.2, 0.25) is 11.8 Å². The lowest BCUT2D eigenvalue weighted by Crippen LogP contribution is -2.32. The minimum atomic E-state index is -0.0427. The normalized spacial score (nSPS) is 16.8. The molecule has 1 atom stereocenters. The fourth-order valence-electron chi connectivity index (χ4n) is 3.06. The molecule has 0 radical (unpaired) electrons. The van der Waals surface area contributed by atoms with Gasteiger partial charge in [-0.2, -0.15) is 0 Å². The van der Waals surface area contributed by atoms with E-state index in [4.69, 9.17) is 4.74 Å². The molecule has 2 aromatic rings. The molecule has 3 rings (SSSR count). The number of hydrogen-bond donors (Lipinski definition) is 1. The zero-order valence-corrected chi connectivity index (χ0v) is 14.3. The van der Waals surface area contributed by atoms with Crippen LogP contribution in [0, 0.1) is 5.92 Å². The minimum absolute atomic E-state index is 0.0427. The van der Waals surface area contributed by atoms with Gasteiger partial charge in [-0.15, -0.1) is 0 Å². The second kappa shape index (κ2) is 7.83. The van der Waals surface area contributed by atoms with Crippen molar-refractivity contribution in [2.75, 3.05) is 25.1 Å². The highest BCUT2D eigenvalue weighted by Crippen LogP contribution is 2.24. The molecule has 1 aliphatic rings. The Morgan fingerprint density at radius 1 is 1.20 bits per heavy atom. The predicted octanol–water partition coefficient (Wildman–Crippen LogP) is 2.41. The molecule has 0 bridgehead atoms. The Kier molecular flexibility index (Phi) is 5.33. The number of methoxy groups -OCH3 is 1. The minimum Gasteiger partial charge on any atom is -0.497 e. The van der Waals surface area contributed by atoms with Crippen LogP contribution in [0.1, 0.15) is 12.0 Å². The number of hydrogen-bond acceptors (Lipinski definition) is 3. The van der Waals surface area contributed by atoms with E-state index in [2.05, 4.69) is 5.32 Å². The van der Waals surface area contributed by atoms with Crippen molar-refractivity contribution in [1.82, 2.24) is 5.32 Å². The average molecular weight is 338 g/mol. The molecule has 1 fully saturated rings. The zero-order valence-electron chi connectivity index (χ0n) is 14.3. The number of amides is 2. The number of para-hydroxylation sites is 1. The van der Waals surface area contributed by atoms with Crippen LogP contribution >= 0.6 is 0 Å². The number of anilines is 1. The molecule has 1 aliphatic heterocycles. The average Bonchev–Trinajstić information content (AvgIpc) is 3.01. The smallest absolute Gasteiger partial charge is 0.227 e. The first kappa shape index (κ1) is 17.0. The Balaban J connectivity index is 1.50. The number of carbonyl (C=O) groups excluding carboxylic acids is 2. The summed E-state index contributed by atoms with van der Waals surface area (Å²) in [6, 6.07) is 17.1. The van der Waals surface area contributed by atoms with Crippen LogP contribution in [-0.2, 0) is 16.0 Å². The molecule has 0 aliphatic carbocycles. The van der Waals surface area contributed by atoms with Gasteiger partial charge in [0, 0.05) is 31.1 Å². The molecule has 2 aromatic carbocycles. The maximum Gasteiger partial charge on any atom is 0.227 e. The van der Waals surface area contributed by atoms with Gasteiger partial charge < -0.3 is 15.0 Å². The van der Waals surface area contributed by atoms with E-state index in [1.807, 2.05) is 54.6 Å². The fraction of sp³-hybridized carbons (Fsp3) is 0.300. The maximum atomic E-state index is 12.2. The van der Waals surface area contributed by atoms with Gasteiger partial charge in [-0.05, 0) is 29.8 Å². The largest absolute Gasteiger partial charge is 0.497 e. The van der Waals surface area contributed by atoms with E-state index in [1.165, 1.54) is 0 Å². The van der Waals surface area contributed by atoms with Crippen molar-refractivity contribution in [2.24, 2.45) is 5.92 Å². The highest BCUT2D eigenvalue weighted by atomic mass is 16.5. The van der Waals surface area contributed by atoms with Crippen LogP contribution in [0.15, 0.2) is 54.6 Å². The number of rotatable bonds is 6. The summed E-state index contributed by atoms with van der Waals surface area (Å²) in [5.41, 5.74) is 1.82. The summed E-state index contributed by atoms with van der Waals surface area (Å²) in [5.74, 6) is 0.948. The molecule has 5 nitrogen and oxygen atoms in total. The molecule has 25 heavy (non-hydrogen) atoms. The van der Waals surface area contributed by atoms with Crippen LogP contribution in [0.25, 0.3) is 0 Å². The Morgan fingerprint density at radius 3 is 2.76 bits per heavy atom. The lowest BCUT2D eigenvalue weighted by Gasteiger charge is -2.16. The van der Waals surface area contributed by atoms with Gasteiger partial charge in [0.1, 0.15) is 5.75 Å². The first-order valence-corrected chi connectivity index (χ1v) is 8.41. The third-order valence-electron chi connectivity index (χ3n) is 4.36. The lowest BCUT2D eigenvalue weighted by atomic mass is 10.1. The van der Waals surface area contributed by atoms with Crippen LogP contribution in [0.3, 0.4) is 0 Å². The lowest BCUT2D eigenvalue weighted by molar-refractivity contribution is -0.121. The molecule has 5 heteroatoms. The molecule has 1 heterocycles. The van der Waals surface area contributed by atoms with Gasteiger partial charge in [-0.25, -0.2) is 0 Å². The van der Waals surface area contributed by atoms with Crippen molar-refractivity contribution in [3.63, 3.8) is 0 Å².